The number of nitrogens with zero attached hydrogens (tertiary/aromatic N) is 1. The van der Waals surface area contributed by atoms with Crippen LogP contribution in [0, 0.1) is 0 Å². The first-order valence-electron chi connectivity index (χ1n) is 7.89. The molecule has 0 unspecified atom stereocenters. The van der Waals surface area contributed by atoms with Crippen LogP contribution in [0.1, 0.15) is 15.9 Å². The molecule has 0 atom stereocenters. The third-order valence-electron chi connectivity index (χ3n) is 3.63. The van der Waals surface area contributed by atoms with Crippen molar-refractivity contribution >= 4 is 28.9 Å². The maximum Gasteiger partial charge on any atom is 0.341 e. The van der Waals surface area contributed by atoms with Gasteiger partial charge in [-0.1, -0.05) is 48.5 Å². The fraction of sp³-hybridized carbons (Fsp3) is 0.0500. The number of aliphatic carboxylic acids is 1. The van der Waals surface area contributed by atoms with E-state index in [1.165, 1.54) is 6.21 Å². The van der Waals surface area contributed by atoms with Crippen LogP contribution < -0.4 is 10.2 Å². The topological polar surface area (TPSA) is 88.0 Å². The molecule has 0 bridgehead atoms. The van der Waals surface area contributed by atoms with Gasteiger partial charge >= 0.3 is 5.97 Å². The average molecular weight is 348 g/mol. The van der Waals surface area contributed by atoms with E-state index in [1.54, 1.807) is 30.3 Å². The molecule has 3 aromatic carbocycles. The SMILES string of the molecule is O=C(O)COc1cccc(/C=N/NC(=O)c2cccc3ccccc23)c1. The summed E-state index contributed by atoms with van der Waals surface area (Å²) in [6.07, 6.45) is 1.47. The zero-order chi connectivity index (χ0) is 18.4. The molecule has 0 heterocycles. The van der Waals surface area contributed by atoms with Gasteiger partial charge in [-0.3, -0.25) is 4.79 Å². The molecule has 3 rings (SSSR count). The Morgan fingerprint density at radius 3 is 2.65 bits per heavy atom. The predicted molar refractivity (Wildman–Crippen MR) is 98.6 cm³/mol. The highest BCUT2D eigenvalue weighted by Gasteiger charge is 2.08. The van der Waals surface area contributed by atoms with E-state index in [0.717, 1.165) is 10.8 Å². The minimum Gasteiger partial charge on any atom is -0.482 e. The number of benzene rings is 3. The van der Waals surface area contributed by atoms with Gasteiger partial charge in [-0.25, -0.2) is 10.2 Å². The Bertz CT molecular complexity index is 977. The number of carbonyl (C=O) groups excluding carboxylic acids is 1. The molecular weight excluding hydrogens is 332 g/mol. The van der Waals surface area contributed by atoms with Gasteiger partial charge in [0.1, 0.15) is 5.75 Å². The van der Waals surface area contributed by atoms with Crippen molar-refractivity contribution in [2.75, 3.05) is 6.61 Å². The molecule has 1 amide bonds. The van der Waals surface area contributed by atoms with Crippen molar-refractivity contribution in [3.63, 3.8) is 0 Å². The van der Waals surface area contributed by atoms with Gasteiger partial charge in [0.15, 0.2) is 6.61 Å². The van der Waals surface area contributed by atoms with Crippen molar-refractivity contribution in [3.8, 4) is 5.75 Å². The van der Waals surface area contributed by atoms with Crippen molar-refractivity contribution in [2.24, 2.45) is 5.10 Å². The van der Waals surface area contributed by atoms with Crippen molar-refractivity contribution in [1.82, 2.24) is 5.43 Å². The number of carboxylic acids is 1. The molecule has 26 heavy (non-hydrogen) atoms. The summed E-state index contributed by atoms with van der Waals surface area (Å²) < 4.78 is 5.10. The highest BCUT2D eigenvalue weighted by atomic mass is 16.5. The molecule has 130 valence electrons. The largest absolute Gasteiger partial charge is 0.482 e. The van der Waals surface area contributed by atoms with Gasteiger partial charge in [-0.2, -0.15) is 5.10 Å². The van der Waals surface area contributed by atoms with E-state index in [1.807, 2.05) is 36.4 Å². The third kappa shape index (κ3) is 4.24. The summed E-state index contributed by atoms with van der Waals surface area (Å²) in [5.41, 5.74) is 3.72. The number of rotatable bonds is 6. The summed E-state index contributed by atoms with van der Waals surface area (Å²) in [7, 11) is 0. The lowest BCUT2D eigenvalue weighted by atomic mass is 10.0. The quantitative estimate of drug-likeness (QED) is 0.529. The number of carboxylic acid groups (broad SMARTS) is 1. The van der Waals surface area contributed by atoms with Crippen LogP contribution in [0.3, 0.4) is 0 Å². The Kier molecular flexibility index (Phi) is 5.24. The maximum absolute atomic E-state index is 12.4. The number of hydrogen-bond acceptors (Lipinski definition) is 4. The summed E-state index contributed by atoms with van der Waals surface area (Å²) >= 11 is 0. The van der Waals surface area contributed by atoms with Crippen LogP contribution in [0.25, 0.3) is 10.8 Å². The third-order valence-corrected chi connectivity index (χ3v) is 3.63. The molecule has 2 N–H and O–H groups in total. The van der Waals surface area contributed by atoms with Crippen LogP contribution in [0.4, 0.5) is 0 Å². The summed E-state index contributed by atoms with van der Waals surface area (Å²) in [6.45, 7) is -0.418. The summed E-state index contributed by atoms with van der Waals surface area (Å²) in [6, 6.07) is 19.9. The van der Waals surface area contributed by atoms with Crippen LogP contribution in [0.15, 0.2) is 71.8 Å². The van der Waals surface area contributed by atoms with E-state index in [0.29, 0.717) is 16.9 Å². The lowest BCUT2D eigenvalue weighted by Crippen LogP contribution is -2.17. The molecule has 0 aliphatic carbocycles. The summed E-state index contributed by atoms with van der Waals surface area (Å²) in [5, 5.41) is 14.4. The number of ether oxygens (including phenoxy) is 1. The first-order valence-corrected chi connectivity index (χ1v) is 7.89. The first kappa shape index (κ1) is 17.2. The second kappa shape index (κ2) is 7.94. The van der Waals surface area contributed by atoms with E-state index in [4.69, 9.17) is 9.84 Å². The minimum atomic E-state index is -1.05. The Hall–Kier alpha value is -3.67. The number of nitrogens with one attached hydrogen (secondary N) is 1. The van der Waals surface area contributed by atoms with Crippen molar-refractivity contribution in [1.29, 1.82) is 0 Å². The standard InChI is InChI=1S/C20H16N2O4/c23-19(24)13-26-16-8-3-5-14(11-16)12-21-22-20(25)18-10-4-7-15-6-1-2-9-17(15)18/h1-12H,13H2,(H,22,25)(H,23,24)/b21-12+. The van der Waals surface area contributed by atoms with E-state index < -0.39 is 12.6 Å². The highest BCUT2D eigenvalue weighted by Crippen LogP contribution is 2.18. The lowest BCUT2D eigenvalue weighted by Gasteiger charge is -2.05. The van der Waals surface area contributed by atoms with Gasteiger partial charge in [0, 0.05) is 5.56 Å². The summed E-state index contributed by atoms with van der Waals surface area (Å²) in [4.78, 5) is 22.9. The highest BCUT2D eigenvalue weighted by molar-refractivity contribution is 6.07. The van der Waals surface area contributed by atoms with E-state index >= 15 is 0 Å². The van der Waals surface area contributed by atoms with Crippen LogP contribution in [-0.2, 0) is 4.79 Å². The molecule has 0 spiro atoms. The predicted octanol–water partition coefficient (Wildman–Crippen LogP) is 3.07. The van der Waals surface area contributed by atoms with Crippen molar-refractivity contribution in [2.45, 2.75) is 0 Å². The number of hydrogen-bond donors (Lipinski definition) is 2. The van der Waals surface area contributed by atoms with Gasteiger partial charge < -0.3 is 9.84 Å². The maximum atomic E-state index is 12.4. The molecule has 6 nitrogen and oxygen atoms in total. The summed E-state index contributed by atoms with van der Waals surface area (Å²) in [5.74, 6) is -0.945. The monoisotopic (exact) mass is 348 g/mol. The average Bonchev–Trinajstić information content (AvgIpc) is 2.66. The first-order chi connectivity index (χ1) is 12.6. The number of hydrazone groups is 1. The molecule has 0 saturated carbocycles. The Morgan fingerprint density at radius 2 is 1.81 bits per heavy atom. The van der Waals surface area contributed by atoms with E-state index in [9.17, 15) is 9.59 Å². The van der Waals surface area contributed by atoms with Crippen LogP contribution in [0.5, 0.6) is 5.75 Å². The molecule has 0 aliphatic rings. The zero-order valence-electron chi connectivity index (χ0n) is 13.8. The Balaban J connectivity index is 1.69. The second-order valence-corrected chi connectivity index (χ2v) is 5.48. The molecular formula is C20H16N2O4. The van der Waals surface area contributed by atoms with Gasteiger partial charge in [-0.15, -0.1) is 0 Å². The number of carbonyl (C=O) groups is 2. The molecule has 0 radical (unpaired) electrons. The van der Waals surface area contributed by atoms with Crippen molar-refractivity contribution in [3.05, 3.63) is 77.9 Å². The van der Waals surface area contributed by atoms with Crippen LogP contribution in [-0.4, -0.2) is 29.8 Å². The fourth-order valence-corrected chi connectivity index (χ4v) is 2.48. The molecule has 6 heteroatoms. The van der Waals surface area contributed by atoms with Gasteiger partial charge in [0.25, 0.3) is 5.91 Å². The molecule has 0 saturated heterocycles. The van der Waals surface area contributed by atoms with E-state index in [2.05, 4.69) is 10.5 Å². The van der Waals surface area contributed by atoms with Gasteiger partial charge in [0.05, 0.1) is 6.21 Å². The van der Waals surface area contributed by atoms with Gasteiger partial charge in [-0.05, 0) is 34.5 Å². The molecule has 0 fully saturated rings. The Labute approximate surface area is 149 Å². The number of amides is 1. The van der Waals surface area contributed by atoms with Crippen molar-refractivity contribution < 1.29 is 19.4 Å². The van der Waals surface area contributed by atoms with Crippen LogP contribution >= 0.6 is 0 Å². The normalized spacial score (nSPS) is 10.8. The Morgan fingerprint density at radius 1 is 1.04 bits per heavy atom. The van der Waals surface area contributed by atoms with Gasteiger partial charge in [0.2, 0.25) is 0 Å². The van der Waals surface area contributed by atoms with E-state index in [-0.39, 0.29) is 5.91 Å². The second-order valence-electron chi connectivity index (χ2n) is 5.48. The zero-order valence-corrected chi connectivity index (χ0v) is 13.8. The molecule has 3 aromatic rings. The number of fused-ring (bicyclic) bond motifs is 1. The smallest absolute Gasteiger partial charge is 0.341 e. The molecule has 0 aliphatic heterocycles. The molecule has 0 aromatic heterocycles. The van der Waals surface area contributed by atoms with Crippen LogP contribution in [0.2, 0.25) is 0 Å². The fourth-order valence-electron chi connectivity index (χ4n) is 2.48. The lowest BCUT2D eigenvalue weighted by molar-refractivity contribution is -0.139. The minimum absolute atomic E-state index is 0.309.